The van der Waals surface area contributed by atoms with Gasteiger partial charge in [-0.15, -0.1) is 0 Å². The van der Waals surface area contributed by atoms with Gasteiger partial charge in [-0.05, 0) is 12.1 Å². The molecule has 0 aliphatic carbocycles. The summed E-state index contributed by atoms with van der Waals surface area (Å²) < 4.78 is 1.65. The third kappa shape index (κ3) is 1.64. The van der Waals surface area contributed by atoms with E-state index >= 15 is 0 Å². The highest BCUT2D eigenvalue weighted by molar-refractivity contribution is 5.29. The first kappa shape index (κ1) is 7.73. The molecule has 1 heterocycles. The van der Waals surface area contributed by atoms with E-state index in [1.807, 2.05) is 30.3 Å². The van der Waals surface area contributed by atoms with Crippen molar-refractivity contribution in [3.05, 3.63) is 59.0 Å². The maximum atomic E-state index is 10.8. The van der Waals surface area contributed by atoms with Crippen LogP contribution in [-0.4, -0.2) is 9.78 Å². The van der Waals surface area contributed by atoms with Crippen molar-refractivity contribution in [2.45, 2.75) is 0 Å². The van der Waals surface area contributed by atoms with E-state index in [9.17, 15) is 4.79 Å². The molecule has 0 spiro atoms. The molecule has 64 valence electrons. The summed E-state index contributed by atoms with van der Waals surface area (Å²) in [5, 5.41) is 3.95. The van der Waals surface area contributed by atoms with Gasteiger partial charge in [-0.1, -0.05) is 18.2 Å². The summed E-state index contributed by atoms with van der Waals surface area (Å²) in [7, 11) is 0. The monoisotopic (exact) mass is 172 g/mol. The molecule has 3 nitrogen and oxygen atoms in total. The van der Waals surface area contributed by atoms with Gasteiger partial charge >= 0.3 is 0 Å². The van der Waals surface area contributed by atoms with Crippen LogP contribution in [0, 0.1) is 0 Å². The molecule has 0 saturated carbocycles. The van der Waals surface area contributed by atoms with Gasteiger partial charge in [-0.2, -0.15) is 5.10 Å². The maximum absolute atomic E-state index is 10.8. The number of nitrogens with zero attached hydrogens (tertiary/aromatic N) is 2. The molecule has 2 rings (SSSR count). The largest absolute Gasteiger partial charge is 0.288 e. The zero-order valence-corrected chi connectivity index (χ0v) is 6.92. The minimum absolute atomic E-state index is 0.0767. The fourth-order valence-corrected chi connectivity index (χ4v) is 1.08. The normalized spacial score (nSPS) is 9.85. The topological polar surface area (TPSA) is 34.9 Å². The van der Waals surface area contributed by atoms with Crippen LogP contribution in [0.3, 0.4) is 0 Å². The van der Waals surface area contributed by atoms with Crippen molar-refractivity contribution in [3.63, 3.8) is 0 Å². The second kappa shape index (κ2) is 3.23. The molecule has 0 bridgehead atoms. The zero-order chi connectivity index (χ0) is 9.10. The summed E-state index contributed by atoms with van der Waals surface area (Å²) in [6, 6.07) is 11.1. The van der Waals surface area contributed by atoms with Gasteiger partial charge < -0.3 is 0 Å². The van der Waals surface area contributed by atoms with Gasteiger partial charge in [-0.3, -0.25) is 4.79 Å². The summed E-state index contributed by atoms with van der Waals surface area (Å²) in [5.41, 5.74) is 0.870. The van der Waals surface area contributed by atoms with Crippen LogP contribution < -0.4 is 5.43 Å². The van der Waals surface area contributed by atoms with Crippen LogP contribution in [0.15, 0.2) is 53.6 Å². The molecular weight excluding hydrogens is 164 g/mol. The second-order valence-electron chi connectivity index (χ2n) is 2.64. The molecular formula is C10H8N2O. The number of hydrogen-bond donors (Lipinski definition) is 0. The number of aromatic nitrogens is 2. The second-order valence-corrected chi connectivity index (χ2v) is 2.64. The Morgan fingerprint density at radius 2 is 1.85 bits per heavy atom. The summed E-state index contributed by atoms with van der Waals surface area (Å²) in [6.07, 6.45) is 2.95. The van der Waals surface area contributed by atoms with Crippen LogP contribution in [0.2, 0.25) is 0 Å². The standard InChI is InChI=1S/C10H8N2O/c13-10-6-7-12(11-8-10)9-4-2-1-3-5-9/h1-8H. The molecule has 1 aromatic heterocycles. The molecule has 0 unspecified atom stereocenters. The van der Waals surface area contributed by atoms with Crippen LogP contribution in [0.4, 0.5) is 0 Å². The summed E-state index contributed by atoms with van der Waals surface area (Å²) in [6.45, 7) is 0. The van der Waals surface area contributed by atoms with Gasteiger partial charge in [0.2, 0.25) is 0 Å². The zero-order valence-electron chi connectivity index (χ0n) is 6.92. The number of benzene rings is 1. The van der Waals surface area contributed by atoms with E-state index < -0.39 is 0 Å². The van der Waals surface area contributed by atoms with E-state index in [0.29, 0.717) is 0 Å². The Balaban J connectivity index is 2.48. The van der Waals surface area contributed by atoms with Crippen molar-refractivity contribution in [3.8, 4) is 5.69 Å². The Hall–Kier alpha value is -1.90. The minimum atomic E-state index is -0.0767. The van der Waals surface area contributed by atoms with Crippen molar-refractivity contribution in [2.24, 2.45) is 0 Å². The van der Waals surface area contributed by atoms with Crippen LogP contribution in [0.25, 0.3) is 5.69 Å². The van der Waals surface area contributed by atoms with Crippen molar-refractivity contribution >= 4 is 0 Å². The van der Waals surface area contributed by atoms with Crippen molar-refractivity contribution in [1.82, 2.24) is 9.78 Å². The maximum Gasteiger partial charge on any atom is 0.200 e. The van der Waals surface area contributed by atoms with E-state index in [4.69, 9.17) is 0 Å². The van der Waals surface area contributed by atoms with Crippen molar-refractivity contribution in [2.75, 3.05) is 0 Å². The minimum Gasteiger partial charge on any atom is -0.288 e. The fourth-order valence-electron chi connectivity index (χ4n) is 1.08. The van der Waals surface area contributed by atoms with Gasteiger partial charge in [0.15, 0.2) is 5.43 Å². The highest BCUT2D eigenvalue weighted by atomic mass is 16.1. The van der Waals surface area contributed by atoms with Crippen LogP contribution in [-0.2, 0) is 0 Å². The first-order valence-corrected chi connectivity index (χ1v) is 3.97. The Bertz CT molecular complexity index is 427. The predicted octanol–water partition coefficient (Wildman–Crippen LogP) is 1.23. The molecule has 0 radical (unpaired) electrons. The molecule has 0 aliphatic heterocycles. The predicted molar refractivity (Wildman–Crippen MR) is 49.8 cm³/mol. The molecule has 0 amide bonds. The van der Waals surface area contributed by atoms with Gasteiger partial charge in [0.1, 0.15) is 0 Å². The van der Waals surface area contributed by atoms with E-state index in [1.165, 1.54) is 12.3 Å². The summed E-state index contributed by atoms with van der Waals surface area (Å²) >= 11 is 0. The SMILES string of the molecule is O=c1ccn(-c2ccccc2)nc1. The summed E-state index contributed by atoms with van der Waals surface area (Å²) in [5.74, 6) is 0. The Kier molecular flexibility index (Phi) is 1.92. The molecule has 2 aromatic rings. The lowest BCUT2D eigenvalue weighted by molar-refractivity contribution is 0.836. The average Bonchev–Trinajstić information content (AvgIpc) is 2.20. The van der Waals surface area contributed by atoms with E-state index in [-0.39, 0.29) is 5.43 Å². The number of para-hydroxylation sites is 1. The lowest BCUT2D eigenvalue weighted by atomic mass is 10.3. The van der Waals surface area contributed by atoms with Crippen LogP contribution >= 0.6 is 0 Å². The molecule has 0 N–H and O–H groups in total. The fraction of sp³-hybridized carbons (Fsp3) is 0. The first-order valence-electron chi connectivity index (χ1n) is 3.97. The lowest BCUT2D eigenvalue weighted by Crippen LogP contribution is -2.06. The highest BCUT2D eigenvalue weighted by Gasteiger charge is 1.92. The summed E-state index contributed by atoms with van der Waals surface area (Å²) in [4.78, 5) is 10.8. The third-order valence-electron chi connectivity index (χ3n) is 1.71. The molecule has 0 atom stereocenters. The Morgan fingerprint density at radius 3 is 2.46 bits per heavy atom. The molecule has 0 fully saturated rings. The molecule has 0 saturated heterocycles. The smallest absolute Gasteiger partial charge is 0.200 e. The molecule has 1 aromatic carbocycles. The number of hydrogen-bond acceptors (Lipinski definition) is 2. The molecule has 13 heavy (non-hydrogen) atoms. The van der Waals surface area contributed by atoms with Gasteiger partial charge in [0, 0.05) is 12.3 Å². The average molecular weight is 172 g/mol. The lowest BCUT2D eigenvalue weighted by Gasteiger charge is -2.01. The van der Waals surface area contributed by atoms with Gasteiger partial charge in [0.25, 0.3) is 0 Å². The molecule has 0 aliphatic rings. The van der Waals surface area contributed by atoms with Crippen molar-refractivity contribution < 1.29 is 0 Å². The Labute approximate surface area is 75.3 Å². The van der Waals surface area contributed by atoms with Gasteiger partial charge in [0.05, 0.1) is 11.9 Å². The molecule has 3 heteroatoms. The third-order valence-corrected chi connectivity index (χ3v) is 1.71. The van der Waals surface area contributed by atoms with Crippen LogP contribution in [0.1, 0.15) is 0 Å². The van der Waals surface area contributed by atoms with Crippen molar-refractivity contribution in [1.29, 1.82) is 0 Å². The highest BCUT2D eigenvalue weighted by Crippen LogP contribution is 2.01. The van der Waals surface area contributed by atoms with E-state index in [1.54, 1.807) is 10.9 Å². The van der Waals surface area contributed by atoms with Gasteiger partial charge in [-0.25, -0.2) is 4.68 Å². The number of rotatable bonds is 1. The van der Waals surface area contributed by atoms with E-state index in [2.05, 4.69) is 5.10 Å². The van der Waals surface area contributed by atoms with Crippen LogP contribution in [0.5, 0.6) is 0 Å². The Morgan fingerprint density at radius 1 is 1.08 bits per heavy atom. The quantitative estimate of drug-likeness (QED) is 0.648. The first-order chi connectivity index (χ1) is 6.36. The van der Waals surface area contributed by atoms with E-state index in [0.717, 1.165) is 5.69 Å².